The Kier molecular flexibility index (Phi) is 16.3. The van der Waals surface area contributed by atoms with E-state index in [1.165, 1.54) is 117 Å². The van der Waals surface area contributed by atoms with Gasteiger partial charge in [-0.2, -0.15) is 0 Å². The minimum atomic E-state index is 0. The normalized spacial score (nSPS) is 16.1. The van der Waals surface area contributed by atoms with Crippen LogP contribution < -0.4 is 4.74 Å². The van der Waals surface area contributed by atoms with E-state index < -0.39 is 0 Å². The molecule has 0 fully saturated rings. The van der Waals surface area contributed by atoms with E-state index in [1.54, 1.807) is 0 Å². The summed E-state index contributed by atoms with van der Waals surface area (Å²) >= 11 is 0. The van der Waals surface area contributed by atoms with Crippen LogP contribution in [0.4, 0.5) is 0 Å². The molecule has 2 aliphatic carbocycles. The Labute approximate surface area is 528 Å². The van der Waals surface area contributed by atoms with E-state index in [0.717, 1.165) is 44.8 Å². The third-order valence-electron chi connectivity index (χ3n) is 19.5. The third kappa shape index (κ3) is 11.1. The first-order valence-corrected chi connectivity index (χ1v) is 31.8. The molecule has 2 heterocycles. The van der Waals surface area contributed by atoms with Crippen molar-refractivity contribution in [2.75, 3.05) is 0 Å². The van der Waals surface area contributed by atoms with Crippen LogP contribution in [0.1, 0.15) is 217 Å². The first kappa shape index (κ1) is 60.9. The number of benzene rings is 8. The van der Waals surface area contributed by atoms with Crippen LogP contribution in [-0.2, 0) is 42.7 Å². The average molecular weight is 1320 g/mol. The molecule has 2 aromatic heterocycles. The zero-order valence-electron chi connectivity index (χ0n) is 53.9. The van der Waals surface area contributed by atoms with Crippen LogP contribution >= 0.6 is 0 Å². The van der Waals surface area contributed by atoms with Gasteiger partial charge in [-0.1, -0.05) is 196 Å². The van der Waals surface area contributed by atoms with Gasteiger partial charge in [0.15, 0.2) is 0 Å². The van der Waals surface area contributed by atoms with Crippen LogP contribution in [0.2, 0.25) is 0 Å². The molecule has 2 aliphatic rings. The van der Waals surface area contributed by atoms with Crippen molar-refractivity contribution in [2.24, 2.45) is 0 Å². The van der Waals surface area contributed by atoms with E-state index in [-0.39, 0.29) is 66.4 Å². The van der Waals surface area contributed by atoms with Gasteiger partial charge in [-0.25, -0.2) is 0 Å². The van der Waals surface area contributed by atoms with Crippen molar-refractivity contribution >= 4 is 22.1 Å². The van der Waals surface area contributed by atoms with E-state index in [0.29, 0.717) is 11.5 Å². The quantitative estimate of drug-likeness (QED) is 0.0904. The predicted octanol–water partition coefficient (Wildman–Crippen LogP) is 22.4. The van der Waals surface area contributed by atoms with Gasteiger partial charge in [0.1, 0.15) is 0 Å². The fraction of sp³-hybridized carbons (Fsp3) is 0.375. The summed E-state index contributed by atoms with van der Waals surface area (Å²) in [6.07, 6.45) is 7.28. The molecule has 0 atom stereocenters. The zero-order chi connectivity index (χ0) is 60.1. The van der Waals surface area contributed by atoms with Crippen LogP contribution in [0.5, 0.6) is 11.5 Å². The fourth-order valence-corrected chi connectivity index (χ4v) is 14.5. The van der Waals surface area contributed by atoms with Crippen LogP contribution in [0.3, 0.4) is 0 Å². The Balaban J connectivity index is 0.00000768. The Morgan fingerprint density at radius 2 is 0.721 bits per heavy atom. The standard InChI is InChI=1S/C80H88N4O.Pt/c1-49(2)61-43-57(53-33-35-65-67(47-53)79(13,14)39-23-37-77(65,9)10)44-62(50(3)4)73(61)83-71-31-19-17-29-69(71)81-75(83)55-25-21-27-59(41-55)85-60-28-22-26-56(42-60)76-82-70-30-18-20-32-72(70)84(76)74-63(51(5)6)45-58(46-64(74)52(7)8)54-34-36-66-68(48-54)80(15,16)40-24-38-78(66,11)12;/h17-22,25-36,43-52H,23-24,37-40H2,1-16H3;/q-2;+2. The van der Waals surface area contributed by atoms with E-state index >= 15 is 0 Å². The molecule has 444 valence electrons. The monoisotopic (exact) mass is 1320 g/mol. The maximum atomic E-state index is 6.88. The molecule has 0 bridgehead atoms. The molecule has 0 spiro atoms. The van der Waals surface area contributed by atoms with E-state index in [2.05, 4.69) is 266 Å². The van der Waals surface area contributed by atoms with Crippen LogP contribution in [0.15, 0.2) is 146 Å². The van der Waals surface area contributed by atoms with Gasteiger partial charge < -0.3 is 13.9 Å². The van der Waals surface area contributed by atoms with Crippen molar-refractivity contribution in [3.8, 4) is 67.9 Å². The SMILES string of the molecule is CC(C)c1cc(-c2ccc3c(c2)C(C)(C)CCCC3(C)C)cc(C(C)C)c1-n1c(-c2[c-]c(Oc3[c-]c(-c4nc5ccccc5n4-c4c(C(C)C)cc(-c5ccc6c(c5)C(C)(C)CCCC6(C)C)cc4C(C)C)ccc3)ccc2)nc2ccccc21.[Pt+2]. The summed E-state index contributed by atoms with van der Waals surface area (Å²) < 4.78 is 11.7. The summed E-state index contributed by atoms with van der Waals surface area (Å²) in [7, 11) is 0. The molecule has 5 nitrogen and oxygen atoms in total. The molecule has 10 aromatic rings. The molecule has 0 unspecified atom stereocenters. The summed E-state index contributed by atoms with van der Waals surface area (Å²) in [5, 5.41) is 0. The molecule has 0 saturated carbocycles. The van der Waals surface area contributed by atoms with E-state index in [4.69, 9.17) is 14.7 Å². The number of ether oxygens (including phenoxy) is 1. The Hall–Kier alpha value is -6.81. The van der Waals surface area contributed by atoms with E-state index in [1.807, 2.05) is 12.1 Å². The molecular formula is C80H88N4OPt. The summed E-state index contributed by atoms with van der Waals surface area (Å²) in [5.74, 6) is 3.73. The second-order valence-corrected chi connectivity index (χ2v) is 28.9. The number of para-hydroxylation sites is 4. The number of fused-ring (bicyclic) bond motifs is 4. The fourth-order valence-electron chi connectivity index (χ4n) is 14.5. The van der Waals surface area contributed by atoms with Gasteiger partial charge in [0, 0.05) is 22.9 Å². The smallest absolute Gasteiger partial charge is 0.497 e. The largest absolute Gasteiger partial charge is 2.00 e. The van der Waals surface area contributed by atoms with Crippen molar-refractivity contribution in [1.29, 1.82) is 0 Å². The molecule has 0 amide bonds. The second-order valence-electron chi connectivity index (χ2n) is 28.9. The maximum absolute atomic E-state index is 6.88. The van der Waals surface area contributed by atoms with Gasteiger partial charge in [-0.15, -0.1) is 47.5 Å². The van der Waals surface area contributed by atoms with Crippen molar-refractivity contribution in [3.05, 3.63) is 202 Å². The number of hydrogen-bond donors (Lipinski definition) is 0. The average Bonchev–Trinajstić information content (AvgIpc) is 1.76. The van der Waals surface area contributed by atoms with Crippen molar-refractivity contribution < 1.29 is 25.8 Å². The Morgan fingerprint density at radius 1 is 0.384 bits per heavy atom. The van der Waals surface area contributed by atoms with Crippen LogP contribution in [-0.4, -0.2) is 19.1 Å². The summed E-state index contributed by atoms with van der Waals surface area (Å²) in [6.45, 7) is 38.1. The molecule has 0 N–H and O–H groups in total. The molecule has 0 radical (unpaired) electrons. The molecule has 86 heavy (non-hydrogen) atoms. The molecule has 0 saturated heterocycles. The van der Waals surface area contributed by atoms with E-state index in [9.17, 15) is 0 Å². The Bertz CT molecular complexity index is 3870. The molecule has 6 heteroatoms. The van der Waals surface area contributed by atoms with Crippen molar-refractivity contribution in [3.63, 3.8) is 0 Å². The second kappa shape index (κ2) is 23.0. The molecule has 12 rings (SSSR count). The van der Waals surface area contributed by atoms with Crippen LogP contribution in [0.25, 0.3) is 78.5 Å². The van der Waals surface area contributed by atoms with Crippen molar-refractivity contribution in [2.45, 2.75) is 195 Å². The first-order valence-electron chi connectivity index (χ1n) is 31.8. The summed E-state index contributed by atoms with van der Waals surface area (Å²) in [6, 6.07) is 61.4. The minimum absolute atomic E-state index is 0. The molecule has 8 aromatic carbocycles. The van der Waals surface area contributed by atoms with Gasteiger partial charge in [0.2, 0.25) is 0 Å². The van der Waals surface area contributed by atoms with Gasteiger partial charge in [-0.3, -0.25) is 9.97 Å². The van der Waals surface area contributed by atoms with Crippen molar-refractivity contribution in [1.82, 2.24) is 19.1 Å². The minimum Gasteiger partial charge on any atom is -0.497 e. The number of aromatic nitrogens is 4. The van der Waals surface area contributed by atoms with Gasteiger partial charge in [0.25, 0.3) is 0 Å². The van der Waals surface area contributed by atoms with Gasteiger partial charge in [-0.05, 0) is 186 Å². The zero-order valence-corrected chi connectivity index (χ0v) is 56.2. The number of rotatable bonds is 12. The topological polar surface area (TPSA) is 44.9 Å². The predicted molar refractivity (Wildman–Crippen MR) is 358 cm³/mol. The Morgan fingerprint density at radius 3 is 1.07 bits per heavy atom. The molecular weight excluding hydrogens is 1230 g/mol. The number of nitrogens with zero attached hydrogens (tertiary/aromatic N) is 4. The number of hydrogen-bond acceptors (Lipinski definition) is 3. The van der Waals surface area contributed by atoms with Gasteiger partial charge in [0.05, 0.1) is 33.7 Å². The molecule has 0 aliphatic heterocycles. The third-order valence-corrected chi connectivity index (χ3v) is 19.5. The van der Waals surface area contributed by atoms with Gasteiger partial charge >= 0.3 is 21.1 Å². The number of imidazole rings is 2. The van der Waals surface area contributed by atoms with Crippen LogP contribution in [0, 0.1) is 12.1 Å². The first-order chi connectivity index (χ1) is 40.4. The summed E-state index contributed by atoms with van der Waals surface area (Å²) in [4.78, 5) is 10.9. The summed E-state index contributed by atoms with van der Waals surface area (Å²) in [5.41, 5.74) is 24.8. The maximum Gasteiger partial charge on any atom is 2.00 e.